The third-order valence-corrected chi connectivity index (χ3v) is 7.45. The molecule has 5 rings (SSSR count). The molecule has 4 heterocycles. The first kappa shape index (κ1) is 19.8. The fourth-order valence-corrected chi connectivity index (χ4v) is 5.90. The molecular weight excluding hydrogens is 398 g/mol. The van der Waals surface area contributed by atoms with Gasteiger partial charge in [-0.2, -0.15) is 0 Å². The Labute approximate surface area is 182 Å². The van der Waals surface area contributed by atoms with Crippen molar-refractivity contribution in [2.75, 3.05) is 26.2 Å². The number of aromatic nitrogens is 1. The van der Waals surface area contributed by atoms with Crippen LogP contribution in [0.25, 0.3) is 11.1 Å². The van der Waals surface area contributed by atoms with Crippen molar-refractivity contribution in [1.29, 1.82) is 0 Å². The summed E-state index contributed by atoms with van der Waals surface area (Å²) in [5, 5.41) is 0.724. The first-order valence-electron chi connectivity index (χ1n) is 11.0. The smallest absolute Gasteiger partial charge is 0.250 e. The Morgan fingerprint density at radius 3 is 2.43 bits per heavy atom. The van der Waals surface area contributed by atoms with Crippen LogP contribution in [-0.2, 0) is 11.3 Å². The Morgan fingerprint density at radius 2 is 1.73 bits per heavy atom. The van der Waals surface area contributed by atoms with Crippen LogP contribution in [0, 0.1) is 5.92 Å². The van der Waals surface area contributed by atoms with Crippen molar-refractivity contribution < 1.29 is 4.79 Å². The van der Waals surface area contributed by atoms with E-state index in [1.807, 2.05) is 39.8 Å². The summed E-state index contributed by atoms with van der Waals surface area (Å²) in [5.74, 6) is 1.06. The molecule has 2 bridgehead atoms. The lowest BCUT2D eigenvalue weighted by Crippen LogP contribution is -2.53. The quantitative estimate of drug-likeness (QED) is 0.738. The Morgan fingerprint density at radius 1 is 1.00 bits per heavy atom. The van der Waals surface area contributed by atoms with Crippen LogP contribution in [0.4, 0.5) is 0 Å². The van der Waals surface area contributed by atoms with Gasteiger partial charge in [0.1, 0.15) is 0 Å². The van der Waals surface area contributed by atoms with Crippen molar-refractivity contribution in [2.45, 2.75) is 44.7 Å². The molecule has 5 nitrogen and oxygen atoms in total. The minimum absolute atomic E-state index is 0.112. The number of hydrogen-bond donors (Lipinski definition) is 0. The van der Waals surface area contributed by atoms with Gasteiger partial charge >= 0.3 is 0 Å². The maximum Gasteiger partial charge on any atom is 0.250 e. The van der Waals surface area contributed by atoms with Gasteiger partial charge in [-0.15, -0.1) is 0 Å². The molecule has 2 fully saturated rings. The maximum atomic E-state index is 12.7. The zero-order valence-electron chi connectivity index (χ0n) is 17.4. The molecule has 0 radical (unpaired) electrons. The highest BCUT2D eigenvalue weighted by molar-refractivity contribution is 6.30. The third kappa shape index (κ3) is 3.58. The molecule has 158 valence electrons. The number of pyridine rings is 1. The van der Waals surface area contributed by atoms with Crippen LogP contribution in [0.3, 0.4) is 0 Å². The van der Waals surface area contributed by atoms with Gasteiger partial charge in [-0.25, -0.2) is 0 Å². The summed E-state index contributed by atoms with van der Waals surface area (Å²) in [6.07, 6.45) is 3.24. The normalized spacial score (nSPS) is 24.5. The molecule has 1 aromatic heterocycles. The largest absolute Gasteiger partial charge is 0.343 e. The number of nitrogens with zero attached hydrogens (tertiary/aromatic N) is 3. The van der Waals surface area contributed by atoms with E-state index in [0.29, 0.717) is 17.9 Å². The number of rotatable bonds is 2. The minimum Gasteiger partial charge on any atom is -0.343 e. The number of hydrogen-bond acceptors (Lipinski definition) is 3. The van der Waals surface area contributed by atoms with Crippen LogP contribution < -0.4 is 5.56 Å². The Bertz CT molecular complexity index is 1010. The fourth-order valence-electron chi connectivity index (χ4n) is 5.77. The topological polar surface area (TPSA) is 45.6 Å². The summed E-state index contributed by atoms with van der Waals surface area (Å²) in [5.41, 5.74) is 3.57. The summed E-state index contributed by atoms with van der Waals surface area (Å²) in [7, 11) is 0. The number of benzene rings is 1. The molecule has 2 aromatic rings. The van der Waals surface area contributed by atoms with Gasteiger partial charge in [-0.3, -0.25) is 14.5 Å². The van der Waals surface area contributed by atoms with Crippen molar-refractivity contribution in [3.8, 4) is 11.1 Å². The number of likely N-dealkylation sites (tertiary alicyclic amines) is 2. The maximum absolute atomic E-state index is 12.7. The first-order valence-corrected chi connectivity index (χ1v) is 11.4. The summed E-state index contributed by atoms with van der Waals surface area (Å²) in [6, 6.07) is 12.2. The molecule has 0 aliphatic carbocycles. The lowest BCUT2D eigenvalue weighted by Gasteiger charge is -2.48. The molecule has 2 atom stereocenters. The highest BCUT2D eigenvalue weighted by Crippen LogP contribution is 2.41. The Balaban J connectivity index is 1.44. The fraction of sp³-hybridized carbons (Fsp3) is 0.500. The lowest BCUT2D eigenvalue weighted by atomic mass is 9.79. The monoisotopic (exact) mass is 425 g/mol. The van der Waals surface area contributed by atoms with Gasteiger partial charge in [0.2, 0.25) is 5.91 Å². The number of carbonyl (C=O) groups is 1. The van der Waals surface area contributed by atoms with Crippen LogP contribution in [0.2, 0.25) is 5.02 Å². The number of piperidine rings is 2. The molecule has 0 saturated carbocycles. The molecule has 6 heteroatoms. The Kier molecular flexibility index (Phi) is 5.19. The van der Waals surface area contributed by atoms with Crippen LogP contribution in [0.15, 0.2) is 41.2 Å². The molecule has 3 aliphatic rings. The van der Waals surface area contributed by atoms with Crippen LogP contribution in [0.5, 0.6) is 0 Å². The predicted octanol–water partition coefficient (Wildman–Crippen LogP) is 3.60. The van der Waals surface area contributed by atoms with E-state index in [2.05, 4.69) is 4.90 Å². The summed E-state index contributed by atoms with van der Waals surface area (Å²) >= 11 is 6.10. The Hall–Kier alpha value is -2.11. The van der Waals surface area contributed by atoms with Gasteiger partial charge in [-0.1, -0.05) is 23.7 Å². The second-order valence-electron chi connectivity index (χ2n) is 9.08. The van der Waals surface area contributed by atoms with E-state index >= 15 is 0 Å². The molecule has 1 aromatic carbocycles. The standard InChI is InChI=1S/C24H28ClN3O2/c1-16(29)26-10-8-21(9-11-26)27-13-17-12-19(15-27)24-22(6-7-23(30)28(24)14-17)18-2-4-20(25)5-3-18/h2-7,17,19,21H,8-15H2,1H3. The van der Waals surface area contributed by atoms with Crippen LogP contribution in [-0.4, -0.2) is 52.5 Å². The average Bonchev–Trinajstić information content (AvgIpc) is 2.75. The van der Waals surface area contributed by atoms with E-state index in [4.69, 9.17) is 11.6 Å². The summed E-state index contributed by atoms with van der Waals surface area (Å²) in [4.78, 5) is 29.0. The number of amides is 1. The minimum atomic E-state index is 0.112. The number of carbonyl (C=O) groups excluding carboxylic acids is 1. The van der Waals surface area contributed by atoms with Crippen molar-refractivity contribution >= 4 is 17.5 Å². The van der Waals surface area contributed by atoms with E-state index in [0.717, 1.165) is 68.1 Å². The molecule has 3 aliphatic heterocycles. The average molecular weight is 426 g/mol. The van der Waals surface area contributed by atoms with E-state index in [1.54, 1.807) is 13.0 Å². The SMILES string of the molecule is CC(=O)N1CCC(N2CC3CC(C2)c2c(-c4ccc(Cl)cc4)ccc(=O)n2C3)CC1. The predicted molar refractivity (Wildman–Crippen MR) is 119 cm³/mol. The molecule has 2 saturated heterocycles. The van der Waals surface area contributed by atoms with Crippen LogP contribution >= 0.6 is 11.6 Å². The van der Waals surface area contributed by atoms with Gasteiger partial charge < -0.3 is 9.47 Å². The number of fused-ring (bicyclic) bond motifs is 4. The second kappa shape index (κ2) is 7.86. The molecule has 30 heavy (non-hydrogen) atoms. The van der Waals surface area contributed by atoms with Gasteiger partial charge in [0.15, 0.2) is 0 Å². The molecule has 0 N–H and O–H groups in total. The van der Waals surface area contributed by atoms with Gasteiger partial charge in [0.25, 0.3) is 5.56 Å². The van der Waals surface area contributed by atoms with E-state index < -0.39 is 0 Å². The van der Waals surface area contributed by atoms with E-state index in [-0.39, 0.29) is 11.5 Å². The van der Waals surface area contributed by atoms with E-state index in [1.165, 1.54) is 5.69 Å². The van der Waals surface area contributed by atoms with Crippen molar-refractivity contribution in [2.24, 2.45) is 5.92 Å². The zero-order chi connectivity index (χ0) is 20.8. The van der Waals surface area contributed by atoms with Crippen LogP contribution in [0.1, 0.15) is 37.8 Å². The van der Waals surface area contributed by atoms with Crippen molar-refractivity contribution in [1.82, 2.24) is 14.4 Å². The van der Waals surface area contributed by atoms with Gasteiger partial charge in [0.05, 0.1) is 0 Å². The van der Waals surface area contributed by atoms with Crippen molar-refractivity contribution in [3.63, 3.8) is 0 Å². The number of halogens is 1. The third-order valence-electron chi connectivity index (χ3n) is 7.20. The molecule has 2 unspecified atom stereocenters. The summed E-state index contributed by atoms with van der Waals surface area (Å²) in [6.45, 7) is 6.23. The van der Waals surface area contributed by atoms with E-state index in [9.17, 15) is 9.59 Å². The highest BCUT2D eigenvalue weighted by atomic mass is 35.5. The zero-order valence-corrected chi connectivity index (χ0v) is 18.1. The highest BCUT2D eigenvalue weighted by Gasteiger charge is 2.39. The first-order chi connectivity index (χ1) is 14.5. The van der Waals surface area contributed by atoms with Crippen molar-refractivity contribution in [3.05, 3.63) is 57.5 Å². The molecular formula is C24H28ClN3O2. The summed E-state index contributed by atoms with van der Waals surface area (Å²) < 4.78 is 2.03. The van der Waals surface area contributed by atoms with Gasteiger partial charge in [-0.05, 0) is 48.9 Å². The lowest BCUT2D eigenvalue weighted by molar-refractivity contribution is -0.130. The molecule has 0 spiro atoms. The molecule has 1 amide bonds. The van der Waals surface area contributed by atoms with Gasteiger partial charge in [0, 0.05) is 74.0 Å². The second-order valence-corrected chi connectivity index (χ2v) is 9.51.